The van der Waals surface area contributed by atoms with Crippen molar-refractivity contribution in [3.63, 3.8) is 0 Å². The van der Waals surface area contributed by atoms with Gasteiger partial charge in [0.15, 0.2) is 0 Å². The normalized spacial score (nSPS) is 11.0. The first-order valence-electron chi connectivity index (χ1n) is 8.98. The minimum atomic E-state index is 0.710. The lowest BCUT2D eigenvalue weighted by Gasteiger charge is -2.02. The van der Waals surface area contributed by atoms with Crippen LogP contribution in [-0.4, -0.2) is 18.3 Å². The Kier molecular flexibility index (Phi) is 5.89. The van der Waals surface area contributed by atoms with E-state index in [1.54, 1.807) is 24.7 Å². The monoisotopic (exact) mass is 419 g/mol. The van der Waals surface area contributed by atoms with Gasteiger partial charge in [0, 0.05) is 10.6 Å². The van der Waals surface area contributed by atoms with Crippen LogP contribution in [0.4, 0.5) is 5.13 Å². The molecule has 4 nitrogen and oxygen atoms in total. The summed E-state index contributed by atoms with van der Waals surface area (Å²) in [6.45, 7) is 0. The summed E-state index contributed by atoms with van der Waals surface area (Å²) >= 11 is 7.61. The molecule has 0 aliphatic carbocycles. The van der Waals surface area contributed by atoms with E-state index in [0.29, 0.717) is 5.02 Å². The highest BCUT2D eigenvalue weighted by Crippen LogP contribution is 2.39. The van der Waals surface area contributed by atoms with Crippen LogP contribution in [0.3, 0.4) is 0 Å². The maximum atomic E-state index is 6.06. The minimum absolute atomic E-state index is 0.710. The summed E-state index contributed by atoms with van der Waals surface area (Å²) < 4.78 is 5.17. The summed E-state index contributed by atoms with van der Waals surface area (Å²) in [5, 5.41) is 5.77. The van der Waals surface area contributed by atoms with E-state index < -0.39 is 0 Å². The summed E-state index contributed by atoms with van der Waals surface area (Å²) in [6.07, 6.45) is 1.75. The van der Waals surface area contributed by atoms with E-state index in [1.807, 2.05) is 66.7 Å². The minimum Gasteiger partial charge on any atom is -0.497 e. The van der Waals surface area contributed by atoms with E-state index in [1.165, 1.54) is 0 Å². The highest BCUT2D eigenvalue weighted by Gasteiger charge is 2.14. The molecule has 4 rings (SSSR count). The molecule has 0 atom stereocenters. The zero-order valence-electron chi connectivity index (χ0n) is 15.7. The summed E-state index contributed by atoms with van der Waals surface area (Å²) in [5.74, 6) is 0.815. The number of nitrogens with zero attached hydrogens (tertiary/aromatic N) is 2. The fourth-order valence-electron chi connectivity index (χ4n) is 2.81. The number of methoxy groups -OCH3 is 1. The Morgan fingerprint density at radius 3 is 2.34 bits per heavy atom. The van der Waals surface area contributed by atoms with Crippen LogP contribution in [0, 0.1) is 0 Å². The largest absolute Gasteiger partial charge is 0.497 e. The van der Waals surface area contributed by atoms with Crippen LogP contribution in [0.15, 0.2) is 84.0 Å². The predicted molar refractivity (Wildman–Crippen MR) is 122 cm³/mol. The van der Waals surface area contributed by atoms with Crippen LogP contribution in [-0.2, 0) is 0 Å². The lowest BCUT2D eigenvalue weighted by atomic mass is 10.1. The van der Waals surface area contributed by atoms with Gasteiger partial charge in [-0.25, -0.2) is 4.98 Å². The van der Waals surface area contributed by atoms with Crippen molar-refractivity contribution in [2.24, 2.45) is 5.10 Å². The third kappa shape index (κ3) is 4.65. The van der Waals surface area contributed by atoms with E-state index in [0.717, 1.165) is 38.1 Å². The van der Waals surface area contributed by atoms with Gasteiger partial charge < -0.3 is 4.74 Å². The van der Waals surface area contributed by atoms with E-state index in [-0.39, 0.29) is 0 Å². The maximum Gasteiger partial charge on any atom is 0.204 e. The molecule has 0 radical (unpaired) electrons. The predicted octanol–water partition coefficient (Wildman–Crippen LogP) is 6.59. The number of benzene rings is 3. The van der Waals surface area contributed by atoms with Crippen molar-refractivity contribution >= 4 is 34.3 Å². The van der Waals surface area contributed by atoms with Gasteiger partial charge in [-0.15, -0.1) is 0 Å². The Balaban J connectivity index is 1.62. The molecule has 6 heteroatoms. The van der Waals surface area contributed by atoms with Crippen molar-refractivity contribution < 1.29 is 4.74 Å². The second-order valence-corrected chi connectivity index (χ2v) is 7.65. The maximum absolute atomic E-state index is 6.06. The van der Waals surface area contributed by atoms with Crippen molar-refractivity contribution in [3.8, 4) is 27.4 Å². The van der Waals surface area contributed by atoms with Crippen molar-refractivity contribution in [2.75, 3.05) is 12.5 Å². The third-order valence-corrected chi connectivity index (χ3v) is 5.53. The second-order valence-electron chi connectivity index (χ2n) is 6.21. The Bertz CT molecular complexity index is 1110. The van der Waals surface area contributed by atoms with Crippen LogP contribution >= 0.6 is 22.9 Å². The molecule has 0 aliphatic heterocycles. The highest BCUT2D eigenvalue weighted by molar-refractivity contribution is 7.19. The number of nitrogens with one attached hydrogen (secondary N) is 1. The van der Waals surface area contributed by atoms with Gasteiger partial charge in [-0.2, -0.15) is 5.10 Å². The molecule has 0 bridgehead atoms. The molecule has 0 saturated carbocycles. The molecule has 1 heterocycles. The number of rotatable bonds is 6. The molecule has 0 fully saturated rings. The van der Waals surface area contributed by atoms with Crippen molar-refractivity contribution in [3.05, 3.63) is 89.4 Å². The number of anilines is 1. The fourth-order valence-corrected chi connectivity index (χ4v) is 3.88. The summed E-state index contributed by atoms with van der Waals surface area (Å²) in [6, 6.07) is 25.6. The van der Waals surface area contributed by atoms with Gasteiger partial charge >= 0.3 is 0 Å². The lowest BCUT2D eigenvalue weighted by Crippen LogP contribution is -1.90. The molecule has 1 N–H and O–H groups in total. The number of ether oxygens (including phenoxy) is 1. The molecule has 0 saturated heterocycles. The Morgan fingerprint density at radius 2 is 1.66 bits per heavy atom. The molecule has 0 spiro atoms. The van der Waals surface area contributed by atoms with Gasteiger partial charge in [0.05, 0.1) is 23.9 Å². The number of hydrogen-bond acceptors (Lipinski definition) is 5. The molecule has 29 heavy (non-hydrogen) atoms. The standard InChI is InChI=1S/C23H18ClN3OS/c1-28-20-13-7-16(8-14-20)15-25-27-23-26-21(17-5-3-2-4-6-17)22(29-23)18-9-11-19(24)12-10-18/h2-15H,1H3,(H,26,27)/b25-15-. The van der Waals surface area contributed by atoms with Crippen molar-refractivity contribution in [1.82, 2.24) is 4.98 Å². The van der Waals surface area contributed by atoms with E-state index in [9.17, 15) is 0 Å². The lowest BCUT2D eigenvalue weighted by molar-refractivity contribution is 0.415. The first-order valence-corrected chi connectivity index (χ1v) is 10.2. The average Bonchev–Trinajstić information content (AvgIpc) is 3.19. The fraction of sp³-hybridized carbons (Fsp3) is 0.0435. The quantitative estimate of drug-likeness (QED) is 0.283. The van der Waals surface area contributed by atoms with Crippen LogP contribution < -0.4 is 10.2 Å². The molecule has 0 unspecified atom stereocenters. The molecule has 144 valence electrons. The number of aromatic nitrogens is 1. The summed E-state index contributed by atoms with van der Waals surface area (Å²) in [5.41, 5.74) is 7.06. The molecular formula is C23H18ClN3OS. The smallest absolute Gasteiger partial charge is 0.204 e. The summed E-state index contributed by atoms with van der Waals surface area (Å²) in [7, 11) is 1.65. The first-order chi connectivity index (χ1) is 14.2. The highest BCUT2D eigenvalue weighted by atomic mass is 35.5. The van der Waals surface area contributed by atoms with Gasteiger partial charge in [-0.1, -0.05) is 65.4 Å². The molecule has 0 aliphatic rings. The molecule has 1 aromatic heterocycles. The van der Waals surface area contributed by atoms with Crippen LogP contribution in [0.25, 0.3) is 21.7 Å². The number of hydrogen-bond donors (Lipinski definition) is 1. The number of thiazole rings is 1. The Hall–Kier alpha value is -3.15. The van der Waals surface area contributed by atoms with E-state index >= 15 is 0 Å². The topological polar surface area (TPSA) is 46.5 Å². The Morgan fingerprint density at radius 1 is 0.931 bits per heavy atom. The zero-order valence-corrected chi connectivity index (χ0v) is 17.2. The van der Waals surface area contributed by atoms with E-state index in [2.05, 4.69) is 22.7 Å². The van der Waals surface area contributed by atoms with Gasteiger partial charge in [0.1, 0.15) is 5.75 Å². The van der Waals surface area contributed by atoms with E-state index in [4.69, 9.17) is 21.3 Å². The van der Waals surface area contributed by atoms with Gasteiger partial charge in [-0.3, -0.25) is 5.43 Å². The van der Waals surface area contributed by atoms with Gasteiger partial charge in [-0.05, 0) is 47.5 Å². The first kappa shape index (κ1) is 19.2. The van der Waals surface area contributed by atoms with Gasteiger partial charge in [0.25, 0.3) is 0 Å². The number of hydrazone groups is 1. The van der Waals surface area contributed by atoms with Crippen LogP contribution in [0.2, 0.25) is 5.02 Å². The molecular weight excluding hydrogens is 402 g/mol. The van der Waals surface area contributed by atoms with Crippen molar-refractivity contribution in [2.45, 2.75) is 0 Å². The average molecular weight is 420 g/mol. The SMILES string of the molecule is COc1ccc(/C=N\Nc2nc(-c3ccccc3)c(-c3ccc(Cl)cc3)s2)cc1. The van der Waals surface area contributed by atoms with Crippen molar-refractivity contribution in [1.29, 1.82) is 0 Å². The van der Waals surface area contributed by atoms with Gasteiger partial charge in [0.2, 0.25) is 5.13 Å². The third-order valence-electron chi connectivity index (χ3n) is 4.27. The van der Waals surface area contributed by atoms with Crippen LogP contribution in [0.5, 0.6) is 5.75 Å². The van der Waals surface area contributed by atoms with Crippen LogP contribution in [0.1, 0.15) is 5.56 Å². The zero-order chi connectivity index (χ0) is 20.1. The molecule has 3 aromatic carbocycles. The molecule has 4 aromatic rings. The summed E-state index contributed by atoms with van der Waals surface area (Å²) in [4.78, 5) is 5.84. The molecule has 0 amide bonds. The second kappa shape index (κ2) is 8.90. The Labute approximate surface area is 178 Å². The number of halogens is 1.